The topological polar surface area (TPSA) is 50.3 Å². The van der Waals surface area contributed by atoms with Crippen molar-refractivity contribution in [2.45, 2.75) is 51.7 Å². The minimum absolute atomic E-state index is 0.0759. The summed E-state index contributed by atoms with van der Waals surface area (Å²) in [6.45, 7) is 13.9. The van der Waals surface area contributed by atoms with E-state index in [1.54, 1.807) is 7.11 Å². The SMILES string of the molecule is C=CCN1CCC(Nc2cc(COC)nc(C(C)(C)C)n2)CC1. The minimum Gasteiger partial charge on any atom is -0.378 e. The molecular weight excluding hydrogens is 288 g/mol. The second-order valence-corrected chi connectivity index (χ2v) is 7.26. The van der Waals surface area contributed by atoms with Gasteiger partial charge in [-0.15, -0.1) is 6.58 Å². The Kier molecular flexibility index (Phi) is 6.13. The number of anilines is 1. The van der Waals surface area contributed by atoms with Crippen molar-refractivity contribution in [3.05, 3.63) is 30.2 Å². The van der Waals surface area contributed by atoms with E-state index < -0.39 is 0 Å². The lowest BCUT2D eigenvalue weighted by Gasteiger charge is -2.32. The summed E-state index contributed by atoms with van der Waals surface area (Å²) in [6, 6.07) is 2.48. The highest BCUT2D eigenvalue weighted by Gasteiger charge is 2.22. The van der Waals surface area contributed by atoms with Crippen LogP contribution in [0, 0.1) is 0 Å². The molecule has 2 rings (SSSR count). The molecule has 1 aliphatic heterocycles. The third-order valence-electron chi connectivity index (χ3n) is 4.07. The first-order valence-corrected chi connectivity index (χ1v) is 8.39. The van der Waals surface area contributed by atoms with Crippen LogP contribution >= 0.6 is 0 Å². The summed E-state index contributed by atoms with van der Waals surface area (Å²) in [6.07, 6.45) is 4.23. The summed E-state index contributed by atoms with van der Waals surface area (Å²) in [4.78, 5) is 11.8. The normalized spacial score (nSPS) is 17.2. The molecule has 5 nitrogen and oxygen atoms in total. The zero-order valence-corrected chi connectivity index (χ0v) is 14.9. The van der Waals surface area contributed by atoms with E-state index in [2.05, 4.69) is 42.6 Å². The monoisotopic (exact) mass is 318 g/mol. The predicted molar refractivity (Wildman–Crippen MR) is 94.7 cm³/mol. The molecule has 0 aromatic carbocycles. The van der Waals surface area contributed by atoms with Crippen molar-refractivity contribution >= 4 is 5.82 Å². The van der Waals surface area contributed by atoms with Crippen LogP contribution in [0.15, 0.2) is 18.7 Å². The van der Waals surface area contributed by atoms with Crippen molar-refractivity contribution in [1.82, 2.24) is 14.9 Å². The van der Waals surface area contributed by atoms with Gasteiger partial charge < -0.3 is 10.1 Å². The number of hydrogen-bond donors (Lipinski definition) is 1. The van der Waals surface area contributed by atoms with Crippen LogP contribution in [-0.2, 0) is 16.8 Å². The largest absolute Gasteiger partial charge is 0.378 e. The molecular formula is C18H30N4O. The van der Waals surface area contributed by atoms with E-state index in [1.165, 1.54) is 0 Å². The van der Waals surface area contributed by atoms with Gasteiger partial charge in [-0.2, -0.15) is 0 Å². The van der Waals surface area contributed by atoms with E-state index in [1.807, 2.05) is 12.1 Å². The molecule has 0 saturated carbocycles. The van der Waals surface area contributed by atoms with E-state index in [9.17, 15) is 0 Å². The number of piperidine rings is 1. The summed E-state index contributed by atoms with van der Waals surface area (Å²) in [5, 5.41) is 3.60. The Hall–Kier alpha value is -1.46. The molecule has 1 fully saturated rings. The Balaban J connectivity index is 2.07. The maximum Gasteiger partial charge on any atom is 0.136 e. The third kappa shape index (κ3) is 5.29. The average molecular weight is 318 g/mol. The Morgan fingerprint density at radius 2 is 2.04 bits per heavy atom. The van der Waals surface area contributed by atoms with Crippen LogP contribution in [-0.4, -0.2) is 47.7 Å². The zero-order valence-electron chi connectivity index (χ0n) is 14.9. The first-order chi connectivity index (χ1) is 10.9. The zero-order chi connectivity index (χ0) is 16.9. The number of hydrogen-bond acceptors (Lipinski definition) is 5. The molecule has 23 heavy (non-hydrogen) atoms. The number of ether oxygens (including phenoxy) is 1. The highest BCUT2D eigenvalue weighted by Crippen LogP contribution is 2.22. The van der Waals surface area contributed by atoms with Crippen LogP contribution in [0.4, 0.5) is 5.82 Å². The lowest BCUT2D eigenvalue weighted by molar-refractivity contribution is 0.181. The lowest BCUT2D eigenvalue weighted by atomic mass is 9.95. The van der Waals surface area contributed by atoms with Gasteiger partial charge in [0.15, 0.2) is 0 Å². The molecule has 128 valence electrons. The number of methoxy groups -OCH3 is 1. The molecule has 0 aliphatic carbocycles. The van der Waals surface area contributed by atoms with Crippen LogP contribution in [0.1, 0.15) is 45.1 Å². The molecule has 0 amide bonds. The van der Waals surface area contributed by atoms with Crippen molar-refractivity contribution in [2.75, 3.05) is 32.1 Å². The fourth-order valence-electron chi connectivity index (χ4n) is 2.78. The van der Waals surface area contributed by atoms with Gasteiger partial charge in [0.2, 0.25) is 0 Å². The van der Waals surface area contributed by atoms with Crippen molar-refractivity contribution < 1.29 is 4.74 Å². The molecule has 1 aliphatic rings. The molecule has 0 unspecified atom stereocenters. The summed E-state index contributed by atoms with van der Waals surface area (Å²) >= 11 is 0. The number of nitrogens with one attached hydrogen (secondary N) is 1. The Morgan fingerprint density at radius 3 is 2.61 bits per heavy atom. The molecule has 2 heterocycles. The molecule has 1 saturated heterocycles. The fourth-order valence-corrected chi connectivity index (χ4v) is 2.78. The highest BCUT2D eigenvalue weighted by atomic mass is 16.5. The van der Waals surface area contributed by atoms with E-state index in [4.69, 9.17) is 9.72 Å². The third-order valence-corrected chi connectivity index (χ3v) is 4.07. The first kappa shape index (κ1) is 17.9. The van der Waals surface area contributed by atoms with Crippen molar-refractivity contribution in [1.29, 1.82) is 0 Å². The average Bonchev–Trinajstić information content (AvgIpc) is 2.49. The molecule has 0 bridgehead atoms. The summed E-state index contributed by atoms with van der Waals surface area (Å²) in [5.41, 5.74) is 0.854. The smallest absolute Gasteiger partial charge is 0.136 e. The van der Waals surface area contributed by atoms with E-state index in [-0.39, 0.29) is 5.41 Å². The number of nitrogens with zero attached hydrogens (tertiary/aromatic N) is 3. The van der Waals surface area contributed by atoms with Gasteiger partial charge >= 0.3 is 0 Å². The second-order valence-electron chi connectivity index (χ2n) is 7.26. The standard InChI is InChI=1S/C18H30N4O/c1-6-9-22-10-7-14(8-11-22)19-16-12-15(13-23-5)20-17(21-16)18(2,3)4/h6,12,14H,1,7-11,13H2,2-5H3,(H,19,20,21). The van der Waals surface area contributed by atoms with E-state index in [0.717, 1.165) is 49.8 Å². The van der Waals surface area contributed by atoms with Gasteiger partial charge in [-0.3, -0.25) is 4.90 Å². The molecule has 5 heteroatoms. The minimum atomic E-state index is -0.0759. The number of aromatic nitrogens is 2. The predicted octanol–water partition coefficient (Wildman–Crippen LogP) is 2.98. The van der Waals surface area contributed by atoms with Crippen molar-refractivity contribution in [3.8, 4) is 0 Å². The van der Waals surface area contributed by atoms with Crippen LogP contribution in [0.2, 0.25) is 0 Å². The highest BCUT2D eigenvalue weighted by molar-refractivity contribution is 5.38. The molecule has 0 radical (unpaired) electrons. The molecule has 1 aromatic heterocycles. The maximum atomic E-state index is 5.25. The molecule has 1 aromatic rings. The van der Waals surface area contributed by atoms with Crippen LogP contribution in [0.5, 0.6) is 0 Å². The molecule has 0 atom stereocenters. The Labute approximate surface area is 140 Å². The first-order valence-electron chi connectivity index (χ1n) is 8.39. The number of rotatable bonds is 6. The van der Waals surface area contributed by atoms with Gasteiger partial charge in [0.1, 0.15) is 11.6 Å². The van der Waals surface area contributed by atoms with Crippen LogP contribution in [0.25, 0.3) is 0 Å². The Morgan fingerprint density at radius 1 is 1.35 bits per heavy atom. The number of likely N-dealkylation sites (tertiary alicyclic amines) is 1. The second kappa shape index (κ2) is 7.88. The maximum absolute atomic E-state index is 5.25. The van der Waals surface area contributed by atoms with Crippen LogP contribution in [0.3, 0.4) is 0 Å². The van der Waals surface area contributed by atoms with Gasteiger partial charge in [0.25, 0.3) is 0 Å². The van der Waals surface area contributed by atoms with Crippen molar-refractivity contribution in [3.63, 3.8) is 0 Å². The van der Waals surface area contributed by atoms with Gasteiger partial charge in [-0.05, 0) is 12.8 Å². The molecule has 0 spiro atoms. The fraction of sp³-hybridized carbons (Fsp3) is 0.667. The van der Waals surface area contributed by atoms with E-state index >= 15 is 0 Å². The Bertz CT molecular complexity index is 516. The van der Waals surface area contributed by atoms with Gasteiger partial charge in [-0.25, -0.2) is 9.97 Å². The van der Waals surface area contributed by atoms with Gasteiger partial charge in [0.05, 0.1) is 12.3 Å². The van der Waals surface area contributed by atoms with Gasteiger partial charge in [0, 0.05) is 44.3 Å². The summed E-state index contributed by atoms with van der Waals surface area (Å²) in [7, 11) is 1.70. The van der Waals surface area contributed by atoms with Gasteiger partial charge in [-0.1, -0.05) is 26.8 Å². The summed E-state index contributed by atoms with van der Waals surface area (Å²) < 4.78 is 5.25. The van der Waals surface area contributed by atoms with E-state index in [0.29, 0.717) is 12.6 Å². The van der Waals surface area contributed by atoms with Crippen molar-refractivity contribution in [2.24, 2.45) is 0 Å². The lowest BCUT2D eigenvalue weighted by Crippen LogP contribution is -2.39. The quantitative estimate of drug-likeness (QED) is 0.817. The summed E-state index contributed by atoms with van der Waals surface area (Å²) in [5.74, 6) is 1.78. The molecule has 1 N–H and O–H groups in total. The van der Waals surface area contributed by atoms with Crippen LogP contribution < -0.4 is 5.32 Å².